The van der Waals surface area contributed by atoms with Crippen LogP contribution in [0.1, 0.15) is 69.9 Å². The predicted molar refractivity (Wildman–Crippen MR) is 83.6 cm³/mol. The molecule has 0 amide bonds. The lowest BCUT2D eigenvalue weighted by atomic mass is 10.00. The Labute approximate surface area is 124 Å². The summed E-state index contributed by atoms with van der Waals surface area (Å²) in [5.41, 5.74) is 6.69. The maximum atomic E-state index is 13.8. The van der Waals surface area contributed by atoms with Crippen LogP contribution in [0.25, 0.3) is 0 Å². The minimum atomic E-state index is -0.210. The lowest BCUT2D eigenvalue weighted by molar-refractivity contribution is 0.518. The van der Waals surface area contributed by atoms with E-state index in [2.05, 4.69) is 22.9 Å². The Morgan fingerprint density at radius 3 is 2.42 bits per heavy atom. The van der Waals surface area contributed by atoms with Crippen molar-refractivity contribution in [1.29, 1.82) is 0 Å². The second-order valence-electron chi connectivity index (χ2n) is 5.16. The van der Waals surface area contributed by atoms with Crippen molar-refractivity contribution >= 4 is 15.9 Å². The van der Waals surface area contributed by atoms with Gasteiger partial charge >= 0.3 is 0 Å². The number of hydrogen-bond acceptors (Lipinski definition) is 1. The first-order chi connectivity index (χ1) is 9.16. The summed E-state index contributed by atoms with van der Waals surface area (Å²) in [6.45, 7) is 2.23. The van der Waals surface area contributed by atoms with E-state index in [1.807, 2.05) is 6.07 Å². The molecule has 0 saturated heterocycles. The zero-order chi connectivity index (χ0) is 14.1. The Kier molecular flexibility index (Phi) is 8.31. The van der Waals surface area contributed by atoms with Gasteiger partial charge < -0.3 is 5.73 Å². The van der Waals surface area contributed by atoms with Crippen LogP contribution in [0, 0.1) is 5.82 Å². The van der Waals surface area contributed by atoms with Crippen LogP contribution in [0.4, 0.5) is 4.39 Å². The third-order valence-corrected chi connectivity index (χ3v) is 4.11. The second-order valence-corrected chi connectivity index (χ2v) is 6.01. The van der Waals surface area contributed by atoms with E-state index < -0.39 is 0 Å². The van der Waals surface area contributed by atoms with E-state index in [-0.39, 0.29) is 11.9 Å². The van der Waals surface area contributed by atoms with Gasteiger partial charge in [-0.2, -0.15) is 0 Å². The first-order valence-electron chi connectivity index (χ1n) is 7.36. The number of nitrogens with two attached hydrogens (primary N) is 1. The molecule has 108 valence electrons. The molecule has 0 fully saturated rings. The van der Waals surface area contributed by atoms with Crippen LogP contribution in [0.2, 0.25) is 0 Å². The minimum absolute atomic E-state index is 0.187. The van der Waals surface area contributed by atoms with Crippen LogP contribution in [0.15, 0.2) is 22.7 Å². The topological polar surface area (TPSA) is 26.0 Å². The van der Waals surface area contributed by atoms with Crippen LogP contribution in [0.5, 0.6) is 0 Å². The Morgan fingerprint density at radius 2 is 1.74 bits per heavy atom. The number of rotatable bonds is 9. The Balaban J connectivity index is 2.24. The van der Waals surface area contributed by atoms with E-state index in [1.54, 1.807) is 12.1 Å². The van der Waals surface area contributed by atoms with E-state index in [1.165, 1.54) is 38.5 Å². The van der Waals surface area contributed by atoms with E-state index >= 15 is 0 Å². The first kappa shape index (κ1) is 16.6. The van der Waals surface area contributed by atoms with Gasteiger partial charge in [0.15, 0.2) is 0 Å². The molecule has 19 heavy (non-hydrogen) atoms. The van der Waals surface area contributed by atoms with Crippen LogP contribution >= 0.6 is 15.9 Å². The summed E-state index contributed by atoms with van der Waals surface area (Å²) in [6, 6.07) is 5.14. The normalized spacial score (nSPS) is 12.6. The average Bonchev–Trinajstić information content (AvgIpc) is 2.40. The van der Waals surface area contributed by atoms with E-state index in [0.717, 1.165) is 12.8 Å². The van der Waals surface area contributed by atoms with Crippen molar-refractivity contribution in [2.45, 2.75) is 64.3 Å². The molecule has 2 N–H and O–H groups in total. The van der Waals surface area contributed by atoms with Crippen LogP contribution in [-0.4, -0.2) is 0 Å². The van der Waals surface area contributed by atoms with Gasteiger partial charge in [-0.05, 0) is 28.4 Å². The fourth-order valence-electron chi connectivity index (χ4n) is 2.28. The van der Waals surface area contributed by atoms with Gasteiger partial charge in [-0.25, -0.2) is 4.39 Å². The largest absolute Gasteiger partial charge is 0.324 e. The van der Waals surface area contributed by atoms with Crippen molar-refractivity contribution in [2.24, 2.45) is 5.73 Å². The van der Waals surface area contributed by atoms with Gasteiger partial charge in [0.1, 0.15) is 5.82 Å². The molecule has 1 aromatic carbocycles. The molecule has 0 aromatic heterocycles. The van der Waals surface area contributed by atoms with Crippen LogP contribution < -0.4 is 5.73 Å². The molecule has 3 heteroatoms. The molecule has 1 unspecified atom stereocenters. The second kappa shape index (κ2) is 9.49. The molecule has 0 radical (unpaired) electrons. The van der Waals surface area contributed by atoms with E-state index in [4.69, 9.17) is 5.73 Å². The van der Waals surface area contributed by atoms with Gasteiger partial charge in [0.05, 0.1) is 4.47 Å². The molecule has 0 aliphatic heterocycles. The summed E-state index contributed by atoms with van der Waals surface area (Å²) in [7, 11) is 0. The predicted octanol–water partition coefficient (Wildman–Crippen LogP) is 5.73. The average molecular weight is 330 g/mol. The van der Waals surface area contributed by atoms with Crippen molar-refractivity contribution in [3.63, 3.8) is 0 Å². The highest BCUT2D eigenvalue weighted by atomic mass is 79.9. The fraction of sp³-hybridized carbons (Fsp3) is 0.625. The van der Waals surface area contributed by atoms with E-state index in [0.29, 0.717) is 10.0 Å². The summed E-state index contributed by atoms with van der Waals surface area (Å²) in [5.74, 6) is -0.210. The van der Waals surface area contributed by atoms with Gasteiger partial charge in [-0.1, -0.05) is 64.0 Å². The third-order valence-electron chi connectivity index (χ3n) is 3.50. The summed E-state index contributed by atoms with van der Waals surface area (Å²) in [5, 5.41) is 0. The van der Waals surface area contributed by atoms with Crippen molar-refractivity contribution in [1.82, 2.24) is 0 Å². The van der Waals surface area contributed by atoms with Gasteiger partial charge in [0, 0.05) is 11.6 Å². The maximum absolute atomic E-state index is 13.8. The summed E-state index contributed by atoms with van der Waals surface area (Å²) in [6.07, 6.45) is 9.69. The molecule has 0 aliphatic carbocycles. The highest BCUT2D eigenvalue weighted by molar-refractivity contribution is 9.10. The molecule has 1 rings (SSSR count). The van der Waals surface area contributed by atoms with Gasteiger partial charge in [0.2, 0.25) is 0 Å². The lowest BCUT2D eigenvalue weighted by Crippen LogP contribution is -2.12. The van der Waals surface area contributed by atoms with Crippen molar-refractivity contribution in [2.75, 3.05) is 0 Å². The quantitative estimate of drug-likeness (QED) is 0.575. The first-order valence-corrected chi connectivity index (χ1v) is 8.15. The van der Waals surface area contributed by atoms with Crippen molar-refractivity contribution in [3.05, 3.63) is 34.1 Å². The molecule has 0 bridgehead atoms. The molecule has 1 aromatic rings. The molecular formula is C16H25BrFN. The molecule has 0 saturated carbocycles. The highest BCUT2D eigenvalue weighted by Gasteiger charge is 2.12. The molecule has 1 atom stereocenters. The zero-order valence-corrected chi connectivity index (χ0v) is 13.4. The van der Waals surface area contributed by atoms with Crippen molar-refractivity contribution < 1.29 is 4.39 Å². The summed E-state index contributed by atoms with van der Waals surface area (Å²) >= 11 is 3.20. The van der Waals surface area contributed by atoms with Gasteiger partial charge in [-0.15, -0.1) is 0 Å². The Morgan fingerprint density at radius 1 is 1.11 bits per heavy atom. The van der Waals surface area contributed by atoms with Crippen molar-refractivity contribution in [3.8, 4) is 0 Å². The fourth-order valence-corrected chi connectivity index (χ4v) is 2.67. The molecule has 0 aliphatic rings. The smallest absolute Gasteiger partial charge is 0.142 e. The number of unbranched alkanes of at least 4 members (excludes halogenated alkanes) is 6. The van der Waals surface area contributed by atoms with Crippen LogP contribution in [-0.2, 0) is 0 Å². The number of hydrogen-bond donors (Lipinski definition) is 1. The van der Waals surface area contributed by atoms with Gasteiger partial charge in [-0.3, -0.25) is 0 Å². The number of halogens is 2. The molecule has 1 nitrogen and oxygen atoms in total. The lowest BCUT2D eigenvalue weighted by Gasteiger charge is -2.13. The monoisotopic (exact) mass is 329 g/mol. The molecular weight excluding hydrogens is 305 g/mol. The maximum Gasteiger partial charge on any atom is 0.142 e. The number of benzene rings is 1. The summed E-state index contributed by atoms with van der Waals surface area (Å²) < 4.78 is 14.3. The minimum Gasteiger partial charge on any atom is -0.324 e. The van der Waals surface area contributed by atoms with Crippen LogP contribution in [0.3, 0.4) is 0 Å². The molecule has 0 heterocycles. The standard InChI is InChI=1S/C16H25BrFN/c1-2-3-4-5-6-7-8-12-15(19)13-10-9-11-14(17)16(13)18/h9-11,15H,2-8,12,19H2,1H3. The molecule has 0 spiro atoms. The van der Waals surface area contributed by atoms with Gasteiger partial charge in [0.25, 0.3) is 0 Å². The van der Waals surface area contributed by atoms with E-state index in [9.17, 15) is 4.39 Å². The SMILES string of the molecule is CCCCCCCCCC(N)c1cccc(Br)c1F. The summed E-state index contributed by atoms with van der Waals surface area (Å²) in [4.78, 5) is 0. The zero-order valence-electron chi connectivity index (χ0n) is 11.8. The third kappa shape index (κ3) is 6.05. The Bertz CT molecular complexity index is 368. The highest BCUT2D eigenvalue weighted by Crippen LogP contribution is 2.25. The Hall–Kier alpha value is -0.410.